The number of amides is 1. The van der Waals surface area contributed by atoms with Crippen molar-refractivity contribution in [3.8, 4) is 0 Å². The van der Waals surface area contributed by atoms with Crippen molar-refractivity contribution in [1.29, 1.82) is 0 Å². The molecular formula is C21H26N2O3S. The number of hydrogen-bond donors (Lipinski definition) is 1. The number of carbonyl (C=O) groups is 1. The highest BCUT2D eigenvalue weighted by Crippen LogP contribution is 2.24. The van der Waals surface area contributed by atoms with Crippen LogP contribution in [-0.2, 0) is 21.4 Å². The molecule has 0 aliphatic carbocycles. The molecule has 0 bridgehead atoms. The number of nitrogens with zero attached hydrogens (tertiary/aromatic N) is 1. The molecule has 2 aromatic carbocycles. The van der Waals surface area contributed by atoms with E-state index in [0.717, 1.165) is 16.7 Å². The largest absolute Gasteiger partial charge is 0.352 e. The second-order valence-corrected chi connectivity index (χ2v) is 9.10. The van der Waals surface area contributed by atoms with Gasteiger partial charge in [-0.3, -0.25) is 4.79 Å². The summed E-state index contributed by atoms with van der Waals surface area (Å²) < 4.78 is 27.2. The van der Waals surface area contributed by atoms with Crippen LogP contribution in [0, 0.1) is 19.8 Å². The van der Waals surface area contributed by atoms with Crippen LogP contribution in [0.15, 0.2) is 53.4 Å². The van der Waals surface area contributed by atoms with Crippen molar-refractivity contribution < 1.29 is 13.2 Å². The Balaban J connectivity index is 1.65. The van der Waals surface area contributed by atoms with E-state index in [1.807, 2.05) is 38.1 Å². The van der Waals surface area contributed by atoms with Crippen molar-refractivity contribution in [3.05, 3.63) is 65.2 Å². The van der Waals surface area contributed by atoms with E-state index < -0.39 is 10.0 Å². The number of carbonyl (C=O) groups excluding carboxylic acids is 1. The van der Waals surface area contributed by atoms with Crippen LogP contribution < -0.4 is 5.32 Å². The first-order valence-electron chi connectivity index (χ1n) is 9.27. The maximum Gasteiger partial charge on any atom is 0.243 e. The fourth-order valence-corrected chi connectivity index (χ4v) is 4.89. The van der Waals surface area contributed by atoms with Gasteiger partial charge in [0.1, 0.15) is 0 Å². The van der Waals surface area contributed by atoms with Crippen molar-refractivity contribution in [3.63, 3.8) is 0 Å². The quantitative estimate of drug-likeness (QED) is 0.859. The summed E-state index contributed by atoms with van der Waals surface area (Å²) in [5, 5.41) is 2.97. The molecule has 2 aromatic rings. The van der Waals surface area contributed by atoms with Crippen molar-refractivity contribution in [2.75, 3.05) is 13.1 Å². The average Bonchev–Trinajstić information content (AvgIpc) is 2.67. The van der Waals surface area contributed by atoms with Gasteiger partial charge in [0, 0.05) is 19.6 Å². The first-order valence-corrected chi connectivity index (χ1v) is 10.7. The molecule has 144 valence electrons. The first kappa shape index (κ1) is 19.6. The first-order chi connectivity index (χ1) is 12.9. The smallest absolute Gasteiger partial charge is 0.243 e. The minimum absolute atomic E-state index is 0.0814. The van der Waals surface area contributed by atoms with Gasteiger partial charge >= 0.3 is 0 Å². The van der Waals surface area contributed by atoms with Crippen LogP contribution in [0.4, 0.5) is 0 Å². The number of rotatable bonds is 5. The van der Waals surface area contributed by atoms with Gasteiger partial charge < -0.3 is 5.32 Å². The van der Waals surface area contributed by atoms with E-state index in [2.05, 4.69) is 5.32 Å². The van der Waals surface area contributed by atoms with Crippen LogP contribution in [0.25, 0.3) is 0 Å². The predicted octanol–water partition coefficient (Wildman–Crippen LogP) is 3.02. The maximum absolute atomic E-state index is 12.9. The van der Waals surface area contributed by atoms with Gasteiger partial charge in [-0.25, -0.2) is 8.42 Å². The Hall–Kier alpha value is -2.18. The number of hydrogen-bond acceptors (Lipinski definition) is 3. The third kappa shape index (κ3) is 4.57. The second kappa shape index (κ2) is 8.23. The van der Waals surface area contributed by atoms with E-state index in [-0.39, 0.29) is 23.3 Å². The molecule has 27 heavy (non-hydrogen) atoms. The highest BCUT2D eigenvalue weighted by Gasteiger charge is 2.33. The van der Waals surface area contributed by atoms with Crippen LogP contribution in [0.1, 0.15) is 29.5 Å². The molecule has 5 nitrogen and oxygen atoms in total. The Kier molecular flexibility index (Phi) is 5.97. The molecule has 1 N–H and O–H groups in total. The fraction of sp³-hybridized carbons (Fsp3) is 0.381. The lowest BCUT2D eigenvalue weighted by Gasteiger charge is -2.31. The zero-order valence-electron chi connectivity index (χ0n) is 15.8. The molecule has 1 aliphatic rings. The SMILES string of the molecule is Cc1ccc(S(=O)(=O)N2CCCC(C(=O)NCc3ccccc3C)C2)cc1. The number of nitrogens with one attached hydrogen (secondary N) is 1. The molecule has 1 atom stereocenters. The number of sulfonamides is 1. The molecule has 0 radical (unpaired) electrons. The summed E-state index contributed by atoms with van der Waals surface area (Å²) in [5.41, 5.74) is 3.22. The minimum atomic E-state index is -3.57. The lowest BCUT2D eigenvalue weighted by molar-refractivity contribution is -0.126. The zero-order chi connectivity index (χ0) is 19.4. The number of aryl methyl sites for hydroxylation is 2. The minimum Gasteiger partial charge on any atom is -0.352 e. The standard InChI is InChI=1S/C21H26N2O3S/c1-16-9-11-20(12-10-16)27(25,26)23-13-5-8-19(15-23)21(24)22-14-18-7-4-3-6-17(18)2/h3-4,6-7,9-12,19H,5,8,13-15H2,1-2H3,(H,22,24). The second-order valence-electron chi connectivity index (χ2n) is 7.16. The number of piperidine rings is 1. The summed E-state index contributed by atoms with van der Waals surface area (Å²) in [7, 11) is -3.57. The summed E-state index contributed by atoms with van der Waals surface area (Å²) >= 11 is 0. The Labute approximate surface area is 161 Å². The molecule has 1 unspecified atom stereocenters. The van der Waals surface area contributed by atoms with Crippen molar-refractivity contribution in [2.24, 2.45) is 5.92 Å². The summed E-state index contributed by atoms with van der Waals surface area (Å²) in [4.78, 5) is 12.9. The Morgan fingerprint density at radius 2 is 1.81 bits per heavy atom. The Bertz CT molecular complexity index is 907. The van der Waals surface area contributed by atoms with Crippen molar-refractivity contribution >= 4 is 15.9 Å². The third-order valence-electron chi connectivity index (χ3n) is 5.13. The van der Waals surface area contributed by atoms with Crippen LogP contribution in [0.5, 0.6) is 0 Å². The lowest BCUT2D eigenvalue weighted by Crippen LogP contribution is -2.45. The topological polar surface area (TPSA) is 66.5 Å². The van der Waals surface area contributed by atoms with Gasteiger partial charge in [-0.05, 0) is 49.9 Å². The van der Waals surface area contributed by atoms with Crippen LogP contribution in [0.3, 0.4) is 0 Å². The molecule has 1 fully saturated rings. The highest BCUT2D eigenvalue weighted by molar-refractivity contribution is 7.89. The summed E-state index contributed by atoms with van der Waals surface area (Å²) in [6, 6.07) is 14.8. The van der Waals surface area contributed by atoms with Crippen molar-refractivity contribution in [2.45, 2.75) is 38.1 Å². The molecule has 0 spiro atoms. The Morgan fingerprint density at radius 3 is 2.52 bits per heavy atom. The molecule has 1 amide bonds. The van der Waals surface area contributed by atoms with E-state index in [0.29, 0.717) is 25.9 Å². The van der Waals surface area contributed by atoms with Crippen molar-refractivity contribution in [1.82, 2.24) is 9.62 Å². The average molecular weight is 387 g/mol. The monoisotopic (exact) mass is 386 g/mol. The molecular weight excluding hydrogens is 360 g/mol. The number of benzene rings is 2. The van der Waals surface area contributed by atoms with Crippen LogP contribution >= 0.6 is 0 Å². The molecule has 1 aliphatic heterocycles. The highest BCUT2D eigenvalue weighted by atomic mass is 32.2. The van der Waals surface area contributed by atoms with Crippen LogP contribution in [0.2, 0.25) is 0 Å². The van der Waals surface area contributed by atoms with Crippen LogP contribution in [-0.4, -0.2) is 31.7 Å². The van der Waals surface area contributed by atoms with Gasteiger partial charge in [0.05, 0.1) is 10.8 Å². The predicted molar refractivity (Wildman–Crippen MR) is 106 cm³/mol. The summed E-state index contributed by atoms with van der Waals surface area (Å²) in [6.07, 6.45) is 1.40. The maximum atomic E-state index is 12.9. The molecule has 3 rings (SSSR count). The van der Waals surface area contributed by atoms with E-state index >= 15 is 0 Å². The molecule has 1 heterocycles. The normalized spacial score (nSPS) is 18.2. The lowest BCUT2D eigenvalue weighted by atomic mass is 9.98. The van der Waals surface area contributed by atoms with E-state index in [4.69, 9.17) is 0 Å². The van der Waals surface area contributed by atoms with Gasteiger partial charge in [0.2, 0.25) is 15.9 Å². The van der Waals surface area contributed by atoms with E-state index in [9.17, 15) is 13.2 Å². The third-order valence-corrected chi connectivity index (χ3v) is 7.01. The van der Waals surface area contributed by atoms with Gasteiger partial charge in [-0.15, -0.1) is 0 Å². The Morgan fingerprint density at radius 1 is 1.11 bits per heavy atom. The van der Waals surface area contributed by atoms with E-state index in [1.165, 1.54) is 4.31 Å². The zero-order valence-corrected chi connectivity index (χ0v) is 16.6. The molecule has 0 saturated carbocycles. The van der Waals surface area contributed by atoms with Gasteiger partial charge in [0.25, 0.3) is 0 Å². The van der Waals surface area contributed by atoms with Gasteiger partial charge in [-0.1, -0.05) is 42.0 Å². The summed E-state index contributed by atoms with van der Waals surface area (Å²) in [6.45, 7) is 5.09. The van der Waals surface area contributed by atoms with Gasteiger partial charge in [0.15, 0.2) is 0 Å². The molecule has 1 saturated heterocycles. The molecule has 0 aromatic heterocycles. The fourth-order valence-electron chi connectivity index (χ4n) is 3.37. The van der Waals surface area contributed by atoms with E-state index in [1.54, 1.807) is 24.3 Å². The summed E-state index contributed by atoms with van der Waals surface area (Å²) in [5.74, 6) is -0.398. The molecule has 6 heteroatoms. The van der Waals surface area contributed by atoms with Gasteiger partial charge in [-0.2, -0.15) is 4.31 Å².